The molecule has 1 heterocycles. The quantitative estimate of drug-likeness (QED) is 0.897. The van der Waals surface area contributed by atoms with E-state index in [1.165, 1.54) is 12.3 Å². The van der Waals surface area contributed by atoms with Crippen molar-refractivity contribution in [2.45, 2.75) is 12.6 Å². The first-order valence-corrected chi connectivity index (χ1v) is 5.28. The first-order valence-electron chi connectivity index (χ1n) is 4.49. The summed E-state index contributed by atoms with van der Waals surface area (Å²) in [6, 6.07) is 1.27. The van der Waals surface area contributed by atoms with Gasteiger partial charge in [0.05, 0.1) is 6.42 Å². The molecule has 0 aromatic carbocycles. The Morgan fingerprint density at radius 1 is 1.53 bits per heavy atom. The van der Waals surface area contributed by atoms with E-state index in [0.29, 0.717) is 4.47 Å². The summed E-state index contributed by atoms with van der Waals surface area (Å²) in [5.74, 6) is -1.33. The van der Waals surface area contributed by atoms with Gasteiger partial charge in [0.1, 0.15) is 11.4 Å². The maximum absolute atomic E-state index is 11.9. The number of aromatic nitrogens is 1. The molecule has 0 saturated carbocycles. The Hall–Kier alpha value is -1.31. The van der Waals surface area contributed by atoms with Gasteiger partial charge in [-0.1, -0.05) is 0 Å². The highest BCUT2D eigenvalue weighted by Crippen LogP contribution is 2.21. The van der Waals surface area contributed by atoms with E-state index in [9.17, 15) is 18.0 Å². The maximum Gasteiger partial charge on any atom is 0.390 e. The van der Waals surface area contributed by atoms with Crippen molar-refractivity contribution in [1.29, 1.82) is 0 Å². The molecule has 0 atom stereocenters. The number of carbonyl (C=O) groups is 1. The fourth-order valence-corrected chi connectivity index (χ4v) is 1.40. The molecular weight excluding hydrogens is 305 g/mol. The van der Waals surface area contributed by atoms with Gasteiger partial charge in [0.15, 0.2) is 0 Å². The van der Waals surface area contributed by atoms with E-state index >= 15 is 0 Å². The number of rotatable bonds is 4. The summed E-state index contributed by atoms with van der Waals surface area (Å²) in [5, 5.41) is 11.2. The van der Waals surface area contributed by atoms with Crippen LogP contribution in [0.5, 0.6) is 0 Å². The zero-order chi connectivity index (χ0) is 13.1. The van der Waals surface area contributed by atoms with Crippen LogP contribution in [-0.2, 0) is 0 Å². The van der Waals surface area contributed by atoms with E-state index in [-0.39, 0.29) is 11.4 Å². The van der Waals surface area contributed by atoms with Gasteiger partial charge in [-0.3, -0.25) is 0 Å². The number of halogens is 4. The lowest BCUT2D eigenvalue weighted by molar-refractivity contribution is -0.131. The highest BCUT2D eigenvalue weighted by atomic mass is 79.9. The lowest BCUT2D eigenvalue weighted by atomic mass is 10.2. The highest BCUT2D eigenvalue weighted by molar-refractivity contribution is 9.10. The van der Waals surface area contributed by atoms with Crippen LogP contribution in [0, 0.1) is 0 Å². The van der Waals surface area contributed by atoms with E-state index in [1.54, 1.807) is 0 Å². The van der Waals surface area contributed by atoms with Crippen molar-refractivity contribution >= 4 is 27.7 Å². The molecule has 4 nitrogen and oxygen atoms in total. The molecule has 0 spiro atoms. The van der Waals surface area contributed by atoms with Gasteiger partial charge < -0.3 is 10.4 Å². The third kappa shape index (κ3) is 4.59. The van der Waals surface area contributed by atoms with Crippen molar-refractivity contribution in [2.24, 2.45) is 0 Å². The van der Waals surface area contributed by atoms with Crippen molar-refractivity contribution in [3.8, 4) is 0 Å². The molecule has 0 radical (unpaired) electrons. The maximum atomic E-state index is 11.9. The molecular formula is C9H8BrF3N2O2. The highest BCUT2D eigenvalue weighted by Gasteiger charge is 2.26. The molecule has 0 amide bonds. The Labute approximate surface area is 103 Å². The zero-order valence-corrected chi connectivity index (χ0v) is 9.97. The fourth-order valence-electron chi connectivity index (χ4n) is 1.07. The third-order valence-electron chi connectivity index (χ3n) is 1.79. The van der Waals surface area contributed by atoms with Crippen molar-refractivity contribution in [3.05, 3.63) is 22.3 Å². The predicted octanol–water partition coefficient (Wildman–Crippen LogP) is 2.91. The van der Waals surface area contributed by atoms with E-state index in [1.807, 2.05) is 0 Å². The molecule has 0 saturated heterocycles. The summed E-state index contributed by atoms with van der Waals surface area (Å²) in [6.07, 6.45) is -4.03. The number of hydrogen-bond donors (Lipinski definition) is 2. The van der Waals surface area contributed by atoms with Crippen LogP contribution in [0.2, 0.25) is 0 Å². The molecule has 0 aliphatic rings. The normalized spacial score (nSPS) is 11.3. The first kappa shape index (κ1) is 13.8. The van der Waals surface area contributed by atoms with Gasteiger partial charge in [-0.25, -0.2) is 9.78 Å². The molecule has 0 aliphatic heterocycles. The first-order chi connectivity index (χ1) is 7.79. The van der Waals surface area contributed by atoms with E-state index in [0.717, 1.165) is 0 Å². The van der Waals surface area contributed by atoms with Gasteiger partial charge >= 0.3 is 12.1 Å². The van der Waals surface area contributed by atoms with Crippen molar-refractivity contribution in [2.75, 3.05) is 11.9 Å². The molecule has 0 aliphatic carbocycles. The van der Waals surface area contributed by atoms with E-state index < -0.39 is 25.1 Å². The number of alkyl halides is 3. The van der Waals surface area contributed by atoms with Crippen LogP contribution in [-0.4, -0.2) is 28.8 Å². The number of pyridine rings is 1. The van der Waals surface area contributed by atoms with Crippen LogP contribution >= 0.6 is 15.9 Å². The Bertz CT molecular complexity index is 423. The summed E-state index contributed by atoms with van der Waals surface area (Å²) in [7, 11) is 0. The average Bonchev–Trinajstić information content (AvgIpc) is 2.18. The number of aromatic carboxylic acids is 1. The summed E-state index contributed by atoms with van der Waals surface area (Å²) < 4.78 is 36.1. The summed E-state index contributed by atoms with van der Waals surface area (Å²) in [4.78, 5) is 14.5. The molecule has 0 bridgehead atoms. The molecule has 1 aromatic rings. The van der Waals surface area contributed by atoms with Crippen LogP contribution in [0.15, 0.2) is 16.7 Å². The lowest BCUT2D eigenvalue weighted by Gasteiger charge is -2.10. The minimum atomic E-state index is -4.29. The smallest absolute Gasteiger partial charge is 0.390 e. The van der Waals surface area contributed by atoms with Gasteiger partial charge in [-0.05, 0) is 22.0 Å². The summed E-state index contributed by atoms with van der Waals surface area (Å²) >= 11 is 3.03. The molecule has 2 N–H and O–H groups in total. The largest absolute Gasteiger partial charge is 0.478 e. The van der Waals surface area contributed by atoms with Crippen molar-refractivity contribution in [1.82, 2.24) is 4.98 Å². The van der Waals surface area contributed by atoms with Crippen LogP contribution in [0.3, 0.4) is 0 Å². The molecule has 0 fully saturated rings. The molecule has 1 rings (SSSR count). The van der Waals surface area contributed by atoms with Gasteiger partial charge in [0.2, 0.25) is 0 Å². The number of hydrogen-bond acceptors (Lipinski definition) is 3. The minimum Gasteiger partial charge on any atom is -0.478 e. The molecule has 0 unspecified atom stereocenters. The average molecular weight is 313 g/mol. The lowest BCUT2D eigenvalue weighted by Crippen LogP contribution is -2.16. The second-order valence-corrected chi connectivity index (χ2v) is 4.06. The van der Waals surface area contributed by atoms with Gasteiger partial charge in [0.25, 0.3) is 0 Å². The predicted molar refractivity (Wildman–Crippen MR) is 58.1 cm³/mol. The van der Waals surface area contributed by atoms with Gasteiger partial charge in [0, 0.05) is 17.2 Å². The van der Waals surface area contributed by atoms with Gasteiger partial charge in [-0.2, -0.15) is 13.2 Å². The Morgan fingerprint density at radius 3 is 2.71 bits per heavy atom. The monoisotopic (exact) mass is 312 g/mol. The Kier molecular flexibility index (Phi) is 4.33. The minimum absolute atomic E-state index is 0.0787. The van der Waals surface area contributed by atoms with E-state index in [2.05, 4.69) is 26.2 Å². The molecule has 17 heavy (non-hydrogen) atoms. The second kappa shape index (κ2) is 5.35. The number of carboxylic acids is 1. The molecule has 1 aromatic heterocycles. The summed E-state index contributed by atoms with van der Waals surface area (Å²) in [5.41, 5.74) is -0.179. The number of nitrogens with zero attached hydrogens (tertiary/aromatic N) is 1. The molecule has 94 valence electrons. The Morgan fingerprint density at radius 2 is 2.18 bits per heavy atom. The third-order valence-corrected chi connectivity index (χ3v) is 2.22. The van der Waals surface area contributed by atoms with Crippen molar-refractivity contribution < 1.29 is 23.1 Å². The van der Waals surface area contributed by atoms with Gasteiger partial charge in [-0.15, -0.1) is 0 Å². The van der Waals surface area contributed by atoms with Crippen LogP contribution in [0.1, 0.15) is 16.8 Å². The van der Waals surface area contributed by atoms with E-state index in [4.69, 9.17) is 5.11 Å². The zero-order valence-electron chi connectivity index (χ0n) is 8.38. The second-order valence-electron chi connectivity index (χ2n) is 3.15. The Balaban J connectivity index is 2.74. The van der Waals surface area contributed by atoms with Crippen LogP contribution in [0.25, 0.3) is 0 Å². The number of nitrogens with one attached hydrogen (secondary N) is 1. The van der Waals surface area contributed by atoms with Crippen LogP contribution in [0.4, 0.5) is 19.0 Å². The fraction of sp³-hybridized carbons (Fsp3) is 0.333. The SMILES string of the molecule is O=C(O)c1cc(Br)cnc1NCCC(F)(F)F. The topological polar surface area (TPSA) is 62.2 Å². The summed E-state index contributed by atoms with van der Waals surface area (Å²) in [6.45, 7) is -0.418. The number of anilines is 1. The molecule has 8 heteroatoms. The van der Waals surface area contributed by atoms with Crippen molar-refractivity contribution in [3.63, 3.8) is 0 Å². The van der Waals surface area contributed by atoms with Crippen LogP contribution < -0.4 is 5.32 Å². The number of carboxylic acid groups (broad SMARTS) is 1. The standard InChI is InChI=1S/C9H8BrF3N2O2/c10-5-3-6(8(16)17)7(15-4-5)14-2-1-9(11,12)13/h3-4H,1-2H2,(H,14,15)(H,16,17).